The second-order valence-corrected chi connectivity index (χ2v) is 5.50. The van der Waals surface area contributed by atoms with Crippen molar-refractivity contribution < 1.29 is 8.78 Å². The molecule has 100 valence electrons. The normalized spacial score (nSPS) is 21.2. The van der Waals surface area contributed by atoms with E-state index in [0.717, 1.165) is 19.4 Å². The van der Waals surface area contributed by atoms with Crippen molar-refractivity contribution in [3.8, 4) is 0 Å². The van der Waals surface area contributed by atoms with E-state index in [0.29, 0.717) is 0 Å². The van der Waals surface area contributed by atoms with E-state index in [1.165, 1.54) is 18.2 Å². The first-order valence-corrected chi connectivity index (χ1v) is 6.38. The van der Waals surface area contributed by atoms with Crippen LogP contribution in [0.4, 0.5) is 8.78 Å². The van der Waals surface area contributed by atoms with E-state index in [9.17, 15) is 8.78 Å². The number of benzene rings is 1. The average Bonchev–Trinajstić information content (AvgIpc) is 2.64. The molecule has 1 saturated heterocycles. The molecule has 1 atom stereocenters. The molecule has 0 aromatic heterocycles. The lowest BCUT2D eigenvalue weighted by Crippen LogP contribution is -2.44. The molecular formula is C14H20F2N2. The third-order valence-electron chi connectivity index (χ3n) is 3.90. The van der Waals surface area contributed by atoms with Crippen LogP contribution >= 0.6 is 0 Å². The van der Waals surface area contributed by atoms with Crippen LogP contribution in [0.3, 0.4) is 0 Å². The van der Waals surface area contributed by atoms with E-state index >= 15 is 0 Å². The molecule has 4 heteroatoms. The third-order valence-corrected chi connectivity index (χ3v) is 3.90. The molecule has 1 unspecified atom stereocenters. The molecule has 2 N–H and O–H groups in total. The Balaban J connectivity index is 2.40. The zero-order valence-corrected chi connectivity index (χ0v) is 10.9. The lowest BCUT2D eigenvalue weighted by molar-refractivity contribution is 0.114. The molecule has 0 amide bonds. The summed E-state index contributed by atoms with van der Waals surface area (Å²) in [5.41, 5.74) is 5.82. The highest BCUT2D eigenvalue weighted by Gasteiger charge is 2.38. The average molecular weight is 254 g/mol. The summed E-state index contributed by atoms with van der Waals surface area (Å²) in [6, 6.07) is 3.59. The number of halogens is 2. The maximum Gasteiger partial charge on any atom is 0.130 e. The van der Waals surface area contributed by atoms with Crippen LogP contribution in [0, 0.1) is 11.6 Å². The lowest BCUT2D eigenvalue weighted by Gasteiger charge is -2.38. The zero-order chi connectivity index (χ0) is 13.3. The van der Waals surface area contributed by atoms with E-state index in [4.69, 9.17) is 5.73 Å². The summed E-state index contributed by atoms with van der Waals surface area (Å²) < 4.78 is 27.7. The van der Waals surface area contributed by atoms with Crippen molar-refractivity contribution in [2.24, 2.45) is 5.73 Å². The van der Waals surface area contributed by atoms with E-state index < -0.39 is 11.6 Å². The summed E-state index contributed by atoms with van der Waals surface area (Å²) in [6.45, 7) is 5.26. The van der Waals surface area contributed by atoms with Gasteiger partial charge in [0.05, 0.1) is 6.04 Å². The molecule has 1 fully saturated rings. The molecule has 1 heterocycles. The van der Waals surface area contributed by atoms with Gasteiger partial charge >= 0.3 is 0 Å². The van der Waals surface area contributed by atoms with Gasteiger partial charge in [-0.05, 0) is 45.4 Å². The van der Waals surface area contributed by atoms with Crippen molar-refractivity contribution in [3.63, 3.8) is 0 Å². The van der Waals surface area contributed by atoms with E-state index in [1.807, 2.05) is 0 Å². The molecule has 0 aliphatic carbocycles. The minimum atomic E-state index is -0.506. The van der Waals surface area contributed by atoms with Crippen molar-refractivity contribution in [2.45, 2.75) is 38.3 Å². The first kappa shape index (κ1) is 13.4. The fourth-order valence-corrected chi connectivity index (χ4v) is 2.94. The van der Waals surface area contributed by atoms with Crippen LogP contribution in [0.1, 0.15) is 38.3 Å². The monoisotopic (exact) mass is 254 g/mol. The van der Waals surface area contributed by atoms with Gasteiger partial charge in [-0.3, -0.25) is 4.90 Å². The van der Waals surface area contributed by atoms with Gasteiger partial charge in [-0.25, -0.2) is 8.78 Å². The summed E-state index contributed by atoms with van der Waals surface area (Å²) >= 11 is 0. The smallest absolute Gasteiger partial charge is 0.130 e. The fraction of sp³-hybridized carbons (Fsp3) is 0.571. The molecule has 0 bridgehead atoms. The Hall–Kier alpha value is -1.00. The van der Waals surface area contributed by atoms with Gasteiger partial charge in [0.1, 0.15) is 11.6 Å². The first-order chi connectivity index (χ1) is 8.47. The highest BCUT2D eigenvalue weighted by atomic mass is 19.1. The number of nitrogens with zero attached hydrogens (tertiary/aromatic N) is 1. The molecule has 1 aromatic carbocycles. The Kier molecular flexibility index (Phi) is 3.69. The predicted molar refractivity (Wildman–Crippen MR) is 68.2 cm³/mol. The highest BCUT2D eigenvalue weighted by molar-refractivity contribution is 5.24. The van der Waals surface area contributed by atoms with Crippen LogP contribution in [-0.2, 0) is 0 Å². The second kappa shape index (κ2) is 4.94. The van der Waals surface area contributed by atoms with Crippen LogP contribution in [-0.4, -0.2) is 23.5 Å². The second-order valence-electron chi connectivity index (χ2n) is 5.50. The summed E-state index contributed by atoms with van der Waals surface area (Å²) in [7, 11) is 0. The summed E-state index contributed by atoms with van der Waals surface area (Å²) in [4.78, 5) is 2.12. The Morgan fingerprint density at radius 1 is 1.33 bits per heavy atom. The zero-order valence-electron chi connectivity index (χ0n) is 10.9. The van der Waals surface area contributed by atoms with Gasteiger partial charge in [-0.15, -0.1) is 0 Å². The van der Waals surface area contributed by atoms with Gasteiger partial charge in [0.25, 0.3) is 0 Å². The Labute approximate surface area is 107 Å². The topological polar surface area (TPSA) is 29.3 Å². The van der Waals surface area contributed by atoms with E-state index in [2.05, 4.69) is 18.7 Å². The summed E-state index contributed by atoms with van der Waals surface area (Å²) in [6.07, 6.45) is 2.07. The molecule has 1 aliphatic rings. The number of rotatable bonds is 3. The fourth-order valence-electron chi connectivity index (χ4n) is 2.94. The Morgan fingerprint density at radius 2 is 1.94 bits per heavy atom. The van der Waals surface area contributed by atoms with Crippen LogP contribution in [0.2, 0.25) is 0 Å². The molecule has 0 saturated carbocycles. The number of hydrogen-bond acceptors (Lipinski definition) is 2. The summed E-state index contributed by atoms with van der Waals surface area (Å²) in [5.74, 6) is -1.01. The van der Waals surface area contributed by atoms with Crippen LogP contribution < -0.4 is 5.73 Å². The van der Waals surface area contributed by atoms with Crippen LogP contribution in [0.25, 0.3) is 0 Å². The minimum absolute atomic E-state index is 0.0568. The van der Waals surface area contributed by atoms with Crippen molar-refractivity contribution in [1.29, 1.82) is 0 Å². The number of nitrogens with two attached hydrogens (primary N) is 1. The molecule has 0 radical (unpaired) electrons. The minimum Gasteiger partial charge on any atom is -0.329 e. The van der Waals surface area contributed by atoms with Gasteiger partial charge < -0.3 is 5.73 Å². The number of likely N-dealkylation sites (tertiary alicyclic amines) is 1. The van der Waals surface area contributed by atoms with Gasteiger partial charge in [0, 0.05) is 17.6 Å². The Bertz CT molecular complexity index is 412. The quantitative estimate of drug-likeness (QED) is 0.898. The van der Waals surface area contributed by atoms with Crippen molar-refractivity contribution in [2.75, 3.05) is 13.1 Å². The van der Waals surface area contributed by atoms with E-state index in [1.54, 1.807) is 0 Å². The molecule has 1 aliphatic heterocycles. The molecular weight excluding hydrogens is 234 g/mol. The largest absolute Gasteiger partial charge is 0.329 e. The van der Waals surface area contributed by atoms with Gasteiger partial charge in [-0.1, -0.05) is 6.07 Å². The lowest BCUT2D eigenvalue weighted by atomic mass is 9.97. The molecule has 2 nitrogen and oxygen atoms in total. The molecule has 1 aromatic rings. The maximum absolute atomic E-state index is 13.9. The van der Waals surface area contributed by atoms with Crippen molar-refractivity contribution in [1.82, 2.24) is 4.90 Å². The third kappa shape index (κ3) is 2.27. The maximum atomic E-state index is 13.9. The van der Waals surface area contributed by atoms with Gasteiger partial charge in [0.15, 0.2) is 0 Å². The molecule has 2 rings (SSSR count). The number of hydrogen-bond donors (Lipinski definition) is 1. The highest BCUT2D eigenvalue weighted by Crippen LogP contribution is 2.37. The van der Waals surface area contributed by atoms with Gasteiger partial charge in [0.2, 0.25) is 0 Å². The predicted octanol–water partition coefficient (Wildman–Crippen LogP) is 2.84. The van der Waals surface area contributed by atoms with Crippen molar-refractivity contribution >= 4 is 0 Å². The van der Waals surface area contributed by atoms with Crippen LogP contribution in [0.5, 0.6) is 0 Å². The SMILES string of the molecule is CC1(C)CCCN1C(CN)c1c(F)cccc1F. The van der Waals surface area contributed by atoms with Gasteiger partial charge in [-0.2, -0.15) is 0 Å². The first-order valence-electron chi connectivity index (χ1n) is 6.38. The van der Waals surface area contributed by atoms with Crippen molar-refractivity contribution in [3.05, 3.63) is 35.4 Å². The van der Waals surface area contributed by atoms with E-state index in [-0.39, 0.29) is 23.7 Å². The standard InChI is InChI=1S/C14H20F2N2/c1-14(2)7-4-8-18(14)12(9-17)13-10(15)5-3-6-11(13)16/h3,5-6,12H,4,7-9,17H2,1-2H3. The molecule has 0 spiro atoms. The molecule has 18 heavy (non-hydrogen) atoms. The summed E-state index contributed by atoms with van der Waals surface area (Å²) in [5, 5.41) is 0. The Morgan fingerprint density at radius 3 is 2.39 bits per heavy atom. The van der Waals surface area contributed by atoms with Crippen LogP contribution in [0.15, 0.2) is 18.2 Å².